The predicted octanol–water partition coefficient (Wildman–Crippen LogP) is 0.585. The van der Waals surface area contributed by atoms with Crippen LogP contribution in [0.1, 0.15) is 6.92 Å². The molecule has 0 aliphatic carbocycles. The SMILES string of the molecule is [B]c1ccc(O)c(OCC)c1. The molecule has 1 N–H and O–H groups in total. The first-order valence-corrected chi connectivity index (χ1v) is 3.45. The van der Waals surface area contributed by atoms with Crippen LogP contribution < -0.4 is 10.2 Å². The van der Waals surface area contributed by atoms with Crippen molar-refractivity contribution in [2.45, 2.75) is 6.92 Å². The molecule has 0 aromatic heterocycles. The third-order valence-electron chi connectivity index (χ3n) is 1.28. The zero-order chi connectivity index (χ0) is 8.27. The van der Waals surface area contributed by atoms with Crippen molar-refractivity contribution in [2.24, 2.45) is 0 Å². The Kier molecular flexibility index (Phi) is 2.42. The normalized spacial score (nSPS) is 9.55. The van der Waals surface area contributed by atoms with Crippen LogP contribution in [0.3, 0.4) is 0 Å². The van der Waals surface area contributed by atoms with E-state index in [1.807, 2.05) is 6.92 Å². The molecule has 0 heterocycles. The van der Waals surface area contributed by atoms with E-state index < -0.39 is 0 Å². The maximum Gasteiger partial charge on any atom is 0.160 e. The molecule has 1 aromatic rings. The maximum absolute atomic E-state index is 9.19. The Morgan fingerprint density at radius 3 is 2.91 bits per heavy atom. The summed E-state index contributed by atoms with van der Waals surface area (Å²) < 4.78 is 5.09. The summed E-state index contributed by atoms with van der Waals surface area (Å²) in [6.45, 7) is 2.37. The Bertz CT molecular complexity index is 248. The molecule has 0 saturated carbocycles. The molecule has 2 nitrogen and oxygen atoms in total. The number of phenolic OH excluding ortho intramolecular Hbond substituents is 1. The summed E-state index contributed by atoms with van der Waals surface area (Å²) in [6.07, 6.45) is 0. The van der Waals surface area contributed by atoms with Crippen LogP contribution >= 0.6 is 0 Å². The first-order chi connectivity index (χ1) is 5.24. The molecule has 0 bridgehead atoms. The fourth-order valence-electron chi connectivity index (χ4n) is 0.802. The van der Waals surface area contributed by atoms with Gasteiger partial charge in [0.2, 0.25) is 0 Å². The second-order valence-corrected chi connectivity index (χ2v) is 2.16. The average Bonchev–Trinajstić information content (AvgIpc) is 1.98. The van der Waals surface area contributed by atoms with Gasteiger partial charge in [-0.15, -0.1) is 0 Å². The lowest BCUT2D eigenvalue weighted by atomic mass is 9.96. The quantitative estimate of drug-likeness (QED) is 0.621. The van der Waals surface area contributed by atoms with Gasteiger partial charge in [-0.25, -0.2) is 0 Å². The lowest BCUT2D eigenvalue weighted by Gasteiger charge is -2.05. The van der Waals surface area contributed by atoms with Crippen molar-refractivity contribution in [1.82, 2.24) is 0 Å². The van der Waals surface area contributed by atoms with Gasteiger partial charge in [0.15, 0.2) is 11.5 Å². The molecule has 1 aromatic carbocycles. The molecule has 11 heavy (non-hydrogen) atoms. The molecule has 0 atom stereocenters. The van der Waals surface area contributed by atoms with Gasteiger partial charge in [-0.2, -0.15) is 0 Å². The van der Waals surface area contributed by atoms with Gasteiger partial charge in [-0.3, -0.25) is 0 Å². The van der Waals surface area contributed by atoms with Gasteiger partial charge in [0, 0.05) is 0 Å². The second-order valence-electron chi connectivity index (χ2n) is 2.16. The van der Waals surface area contributed by atoms with Crippen LogP contribution in [0.2, 0.25) is 0 Å². The van der Waals surface area contributed by atoms with E-state index in [-0.39, 0.29) is 5.75 Å². The smallest absolute Gasteiger partial charge is 0.160 e. The van der Waals surface area contributed by atoms with Crippen molar-refractivity contribution < 1.29 is 9.84 Å². The zero-order valence-corrected chi connectivity index (χ0v) is 6.37. The van der Waals surface area contributed by atoms with E-state index in [2.05, 4.69) is 0 Å². The number of benzene rings is 1. The molecular weight excluding hydrogens is 139 g/mol. The second kappa shape index (κ2) is 3.33. The summed E-state index contributed by atoms with van der Waals surface area (Å²) >= 11 is 0. The van der Waals surface area contributed by atoms with Crippen molar-refractivity contribution in [2.75, 3.05) is 6.61 Å². The molecule has 0 unspecified atom stereocenters. The molecule has 2 radical (unpaired) electrons. The monoisotopic (exact) mass is 148 g/mol. The number of aromatic hydroxyl groups is 1. The highest BCUT2D eigenvalue weighted by Gasteiger charge is 1.99. The Morgan fingerprint density at radius 2 is 2.27 bits per heavy atom. The van der Waals surface area contributed by atoms with Crippen LogP contribution in [-0.4, -0.2) is 19.6 Å². The minimum Gasteiger partial charge on any atom is -0.504 e. The molecule has 0 spiro atoms. The van der Waals surface area contributed by atoms with Gasteiger partial charge < -0.3 is 9.84 Å². The summed E-state index contributed by atoms with van der Waals surface area (Å²) in [5, 5.41) is 9.19. The molecular formula is C8H9BO2. The number of rotatable bonds is 2. The average molecular weight is 148 g/mol. The molecule has 0 amide bonds. The molecule has 0 saturated heterocycles. The first kappa shape index (κ1) is 7.99. The Balaban J connectivity index is 2.93. The van der Waals surface area contributed by atoms with Crippen molar-refractivity contribution >= 4 is 13.3 Å². The lowest BCUT2D eigenvalue weighted by molar-refractivity contribution is 0.318. The van der Waals surface area contributed by atoms with Gasteiger partial charge in [-0.05, 0) is 19.1 Å². The maximum atomic E-state index is 9.19. The van der Waals surface area contributed by atoms with Crippen LogP contribution in [0.5, 0.6) is 11.5 Å². The Morgan fingerprint density at radius 1 is 1.55 bits per heavy atom. The number of hydrogen-bond acceptors (Lipinski definition) is 2. The predicted molar refractivity (Wildman–Crippen MR) is 44.7 cm³/mol. The van der Waals surface area contributed by atoms with E-state index >= 15 is 0 Å². The van der Waals surface area contributed by atoms with Gasteiger partial charge in [-0.1, -0.05) is 11.5 Å². The van der Waals surface area contributed by atoms with E-state index in [0.29, 0.717) is 17.8 Å². The van der Waals surface area contributed by atoms with E-state index in [4.69, 9.17) is 12.6 Å². The van der Waals surface area contributed by atoms with Gasteiger partial charge in [0.25, 0.3) is 0 Å². The summed E-state index contributed by atoms with van der Waals surface area (Å²) in [6, 6.07) is 4.73. The zero-order valence-electron chi connectivity index (χ0n) is 6.37. The molecule has 0 aliphatic rings. The summed E-state index contributed by atoms with van der Waals surface area (Å²) in [5.41, 5.74) is 0.589. The topological polar surface area (TPSA) is 29.5 Å². The number of phenols is 1. The number of ether oxygens (including phenoxy) is 1. The third-order valence-corrected chi connectivity index (χ3v) is 1.28. The molecule has 0 aliphatic heterocycles. The molecule has 0 fully saturated rings. The molecule has 1 rings (SSSR count). The molecule has 3 heteroatoms. The highest BCUT2D eigenvalue weighted by atomic mass is 16.5. The third kappa shape index (κ3) is 1.90. The first-order valence-electron chi connectivity index (χ1n) is 3.45. The van der Waals surface area contributed by atoms with E-state index in [1.165, 1.54) is 6.07 Å². The van der Waals surface area contributed by atoms with Crippen LogP contribution in [0.4, 0.5) is 0 Å². The Labute approximate surface area is 67.2 Å². The fraction of sp³-hybridized carbons (Fsp3) is 0.250. The molecule has 56 valence electrons. The summed E-state index contributed by atoms with van der Waals surface area (Å²) in [5.74, 6) is 0.563. The minimum atomic E-state index is 0.126. The van der Waals surface area contributed by atoms with Crippen molar-refractivity contribution in [1.29, 1.82) is 0 Å². The largest absolute Gasteiger partial charge is 0.504 e. The van der Waals surface area contributed by atoms with Crippen LogP contribution in [-0.2, 0) is 0 Å². The van der Waals surface area contributed by atoms with E-state index in [0.717, 1.165) is 0 Å². The lowest BCUT2D eigenvalue weighted by Crippen LogP contribution is -2.02. The number of hydrogen-bond donors (Lipinski definition) is 1. The standard InChI is InChI=1S/C8H9BO2/c1-2-11-8-5-6(9)3-4-7(8)10/h3-5,10H,2H2,1H3. The highest BCUT2D eigenvalue weighted by Crippen LogP contribution is 2.22. The van der Waals surface area contributed by atoms with Crippen molar-refractivity contribution in [3.63, 3.8) is 0 Å². The van der Waals surface area contributed by atoms with Crippen molar-refractivity contribution in [3.05, 3.63) is 18.2 Å². The van der Waals surface area contributed by atoms with Crippen LogP contribution in [0.15, 0.2) is 18.2 Å². The van der Waals surface area contributed by atoms with Crippen molar-refractivity contribution in [3.8, 4) is 11.5 Å². The van der Waals surface area contributed by atoms with Gasteiger partial charge in [0.1, 0.15) is 7.85 Å². The van der Waals surface area contributed by atoms with Crippen LogP contribution in [0.25, 0.3) is 0 Å². The van der Waals surface area contributed by atoms with Crippen LogP contribution in [0, 0.1) is 0 Å². The summed E-state index contributed by atoms with van der Waals surface area (Å²) in [7, 11) is 5.47. The van der Waals surface area contributed by atoms with E-state index in [9.17, 15) is 5.11 Å². The minimum absolute atomic E-state index is 0.126. The summed E-state index contributed by atoms with van der Waals surface area (Å²) in [4.78, 5) is 0. The van der Waals surface area contributed by atoms with Gasteiger partial charge >= 0.3 is 0 Å². The highest BCUT2D eigenvalue weighted by molar-refractivity contribution is 6.32. The Hall–Kier alpha value is -1.12. The van der Waals surface area contributed by atoms with Gasteiger partial charge in [0.05, 0.1) is 6.61 Å². The fourth-order valence-corrected chi connectivity index (χ4v) is 0.802. The van der Waals surface area contributed by atoms with E-state index in [1.54, 1.807) is 12.1 Å².